The molecule has 6 nitrogen and oxygen atoms in total. The number of nitrogens with one attached hydrogen (secondary N) is 4. The second kappa shape index (κ2) is 6.72. The normalized spacial score (nSPS) is 17.6. The molecule has 4 heterocycles. The summed E-state index contributed by atoms with van der Waals surface area (Å²) in [6.07, 6.45) is 6.70. The monoisotopic (exact) mass is 300 g/mol. The summed E-state index contributed by atoms with van der Waals surface area (Å²) < 4.78 is 0. The third-order valence-corrected chi connectivity index (χ3v) is 3.93. The molecule has 2 aromatic rings. The molecular weight excluding hydrogens is 280 g/mol. The van der Waals surface area contributed by atoms with Crippen molar-refractivity contribution in [1.82, 2.24) is 20.6 Å². The van der Waals surface area contributed by atoms with E-state index in [-0.39, 0.29) is 11.6 Å². The molecule has 0 fully saturated rings. The van der Waals surface area contributed by atoms with E-state index in [4.69, 9.17) is 0 Å². The van der Waals surface area contributed by atoms with E-state index in [0.717, 1.165) is 48.6 Å². The molecule has 2 aliphatic heterocycles. The van der Waals surface area contributed by atoms with Gasteiger partial charge in [0.2, 0.25) is 0 Å². The van der Waals surface area contributed by atoms with Gasteiger partial charge in [-0.05, 0) is 17.2 Å². The number of carbonyl (C=O) groups is 2. The number of Topliss-reactive ketones (excluding diaryl/α,β-unsaturated/α-hetero) is 2. The van der Waals surface area contributed by atoms with Gasteiger partial charge in [-0.25, -0.2) is 0 Å². The van der Waals surface area contributed by atoms with Crippen LogP contribution in [0.2, 0.25) is 0 Å². The fourth-order valence-corrected chi connectivity index (χ4v) is 2.72. The molecule has 4 N–H and O–H groups in total. The molecule has 2 aliphatic rings. The maximum atomic E-state index is 11.3. The second-order valence-corrected chi connectivity index (χ2v) is 5.47. The summed E-state index contributed by atoms with van der Waals surface area (Å²) in [6.45, 7) is 3.21. The smallest absolute Gasteiger partial charge is 0.180 e. The van der Waals surface area contributed by atoms with Crippen molar-refractivity contribution in [1.29, 1.82) is 0 Å². The van der Waals surface area contributed by atoms with Crippen molar-refractivity contribution in [2.24, 2.45) is 0 Å². The number of carbonyl (C=O) groups excluding carboxylic acids is 2. The van der Waals surface area contributed by atoms with Crippen LogP contribution in [0.4, 0.5) is 0 Å². The van der Waals surface area contributed by atoms with E-state index in [1.54, 1.807) is 6.20 Å². The lowest BCUT2D eigenvalue weighted by Crippen LogP contribution is -2.12. The molecule has 0 spiro atoms. The maximum absolute atomic E-state index is 11.3. The van der Waals surface area contributed by atoms with E-state index >= 15 is 0 Å². The lowest BCUT2D eigenvalue weighted by Gasteiger charge is -1.94. The quantitative estimate of drug-likeness (QED) is 0.592. The van der Waals surface area contributed by atoms with Gasteiger partial charge >= 0.3 is 0 Å². The van der Waals surface area contributed by atoms with Gasteiger partial charge in [0.1, 0.15) is 0 Å². The first-order chi connectivity index (χ1) is 10.8. The first-order valence-corrected chi connectivity index (χ1v) is 7.55. The van der Waals surface area contributed by atoms with E-state index < -0.39 is 0 Å². The highest BCUT2D eigenvalue weighted by atomic mass is 16.1. The highest BCUT2D eigenvalue weighted by molar-refractivity contribution is 5.97. The summed E-state index contributed by atoms with van der Waals surface area (Å²) in [7, 11) is 0. The third kappa shape index (κ3) is 3.18. The Morgan fingerprint density at radius 3 is 2.41 bits per heavy atom. The molecule has 4 rings (SSSR count). The number of rotatable bonds is 0. The average molecular weight is 300 g/mol. The van der Waals surface area contributed by atoms with E-state index in [9.17, 15) is 9.59 Å². The zero-order valence-corrected chi connectivity index (χ0v) is 12.4. The Morgan fingerprint density at radius 2 is 1.59 bits per heavy atom. The predicted octanol–water partition coefficient (Wildman–Crippen LogP) is 1.38. The fourth-order valence-electron chi connectivity index (χ4n) is 2.72. The van der Waals surface area contributed by atoms with Crippen LogP contribution in [-0.4, -0.2) is 34.6 Å². The van der Waals surface area contributed by atoms with Crippen LogP contribution in [0.15, 0.2) is 24.7 Å². The van der Waals surface area contributed by atoms with Gasteiger partial charge in [0, 0.05) is 63.2 Å². The number of aromatic nitrogens is 2. The number of ketones is 2. The van der Waals surface area contributed by atoms with E-state index in [0.29, 0.717) is 12.8 Å². The van der Waals surface area contributed by atoms with Gasteiger partial charge in [0.05, 0.1) is 5.69 Å². The number of aromatic amines is 2. The Kier molecular flexibility index (Phi) is 4.50. The van der Waals surface area contributed by atoms with Crippen LogP contribution in [0.3, 0.4) is 0 Å². The van der Waals surface area contributed by atoms with Gasteiger partial charge in [-0.1, -0.05) is 0 Å². The SMILES string of the molecule is O=C1CCNCc2c[nH]cc21.O=C1CCNCc2cc[nH]c21. The van der Waals surface area contributed by atoms with Crippen molar-refractivity contribution in [3.8, 4) is 0 Å². The molecule has 0 aromatic carbocycles. The summed E-state index contributed by atoms with van der Waals surface area (Å²) in [5.74, 6) is 0.459. The summed E-state index contributed by atoms with van der Waals surface area (Å²) >= 11 is 0. The fraction of sp³-hybridized carbons (Fsp3) is 0.375. The molecule has 2 aromatic heterocycles. The van der Waals surface area contributed by atoms with Crippen LogP contribution in [0.25, 0.3) is 0 Å². The molecule has 0 saturated carbocycles. The number of fused-ring (bicyclic) bond motifs is 2. The van der Waals surface area contributed by atoms with Crippen molar-refractivity contribution in [3.63, 3.8) is 0 Å². The molecule has 0 unspecified atom stereocenters. The van der Waals surface area contributed by atoms with E-state index in [1.807, 2.05) is 18.5 Å². The topological polar surface area (TPSA) is 89.8 Å². The summed E-state index contributed by atoms with van der Waals surface area (Å²) in [5, 5.41) is 6.36. The molecule has 0 radical (unpaired) electrons. The van der Waals surface area contributed by atoms with E-state index in [1.165, 1.54) is 0 Å². The van der Waals surface area contributed by atoms with Crippen LogP contribution in [0, 0.1) is 0 Å². The molecule has 22 heavy (non-hydrogen) atoms. The second-order valence-electron chi connectivity index (χ2n) is 5.47. The van der Waals surface area contributed by atoms with Gasteiger partial charge in [-0.15, -0.1) is 0 Å². The number of hydrogen-bond donors (Lipinski definition) is 4. The molecule has 0 saturated heterocycles. The highest BCUT2D eigenvalue weighted by Gasteiger charge is 2.15. The van der Waals surface area contributed by atoms with Gasteiger partial charge < -0.3 is 20.6 Å². The Hall–Kier alpha value is -2.18. The Morgan fingerprint density at radius 1 is 0.864 bits per heavy atom. The zero-order valence-electron chi connectivity index (χ0n) is 12.4. The Bertz CT molecular complexity index is 613. The van der Waals surface area contributed by atoms with Crippen LogP contribution < -0.4 is 10.6 Å². The molecule has 0 atom stereocenters. The van der Waals surface area contributed by atoms with Crippen LogP contribution >= 0.6 is 0 Å². The molecular formula is C16H20N4O2. The van der Waals surface area contributed by atoms with Crippen molar-refractivity contribution < 1.29 is 9.59 Å². The third-order valence-electron chi connectivity index (χ3n) is 3.93. The van der Waals surface area contributed by atoms with E-state index in [2.05, 4.69) is 20.6 Å². The Balaban J connectivity index is 0.000000131. The van der Waals surface area contributed by atoms with Crippen molar-refractivity contribution in [3.05, 3.63) is 47.0 Å². The average Bonchev–Trinajstić information content (AvgIpc) is 3.11. The van der Waals surface area contributed by atoms with Crippen LogP contribution in [0.1, 0.15) is 44.8 Å². The minimum atomic E-state index is 0.218. The Labute approximate surface area is 128 Å². The lowest BCUT2D eigenvalue weighted by atomic mass is 10.1. The molecule has 0 amide bonds. The predicted molar refractivity (Wildman–Crippen MR) is 82.9 cm³/mol. The molecule has 116 valence electrons. The largest absolute Gasteiger partial charge is 0.367 e. The van der Waals surface area contributed by atoms with Gasteiger partial charge in [0.15, 0.2) is 11.6 Å². The van der Waals surface area contributed by atoms with Gasteiger partial charge in [-0.3, -0.25) is 9.59 Å². The summed E-state index contributed by atoms with van der Waals surface area (Å²) in [4.78, 5) is 28.5. The minimum Gasteiger partial charge on any atom is -0.367 e. The number of H-pyrrole nitrogens is 2. The maximum Gasteiger partial charge on any atom is 0.180 e. The first kappa shape index (κ1) is 14.7. The minimum absolute atomic E-state index is 0.218. The summed E-state index contributed by atoms with van der Waals surface area (Å²) in [5.41, 5.74) is 3.82. The van der Waals surface area contributed by atoms with Gasteiger partial charge in [0.25, 0.3) is 0 Å². The van der Waals surface area contributed by atoms with Crippen LogP contribution in [-0.2, 0) is 13.1 Å². The van der Waals surface area contributed by atoms with Crippen molar-refractivity contribution in [2.75, 3.05) is 13.1 Å². The zero-order chi connectivity index (χ0) is 15.4. The molecule has 6 heteroatoms. The molecule has 0 bridgehead atoms. The van der Waals surface area contributed by atoms with Crippen molar-refractivity contribution in [2.45, 2.75) is 25.9 Å². The van der Waals surface area contributed by atoms with Crippen molar-refractivity contribution >= 4 is 11.6 Å². The standard InChI is InChI=1S/2C8H10N2O/c11-7-2-3-9-5-6-1-4-10-8(6)7;11-8-1-2-9-3-6-4-10-5-7(6)8/h1,4,9-10H,2-3,5H2;4-5,9-10H,1-3H2. The van der Waals surface area contributed by atoms with Crippen LogP contribution in [0.5, 0.6) is 0 Å². The summed E-state index contributed by atoms with van der Waals surface area (Å²) in [6, 6.07) is 1.95. The lowest BCUT2D eigenvalue weighted by molar-refractivity contribution is 0.0975. The number of hydrogen-bond acceptors (Lipinski definition) is 4. The molecule has 0 aliphatic carbocycles. The highest BCUT2D eigenvalue weighted by Crippen LogP contribution is 2.13. The first-order valence-electron chi connectivity index (χ1n) is 7.55. The van der Waals surface area contributed by atoms with Gasteiger partial charge in [-0.2, -0.15) is 0 Å².